The van der Waals surface area contributed by atoms with Crippen LogP contribution in [0, 0.1) is 11.3 Å². The fraction of sp³-hybridized carbons (Fsp3) is 1.00. The molecule has 1 saturated carbocycles. The van der Waals surface area contributed by atoms with Crippen molar-refractivity contribution in [2.24, 2.45) is 11.3 Å². The predicted octanol–water partition coefficient (Wildman–Crippen LogP) is 3.67. The largest absolute Gasteiger partial charge is 0.312 e. The number of hydrogen-bond acceptors (Lipinski definition) is 2. The van der Waals surface area contributed by atoms with E-state index in [0.717, 1.165) is 12.0 Å². The van der Waals surface area contributed by atoms with E-state index in [1.54, 1.807) is 0 Å². The molecule has 1 unspecified atom stereocenters. The zero-order valence-electron chi connectivity index (χ0n) is 13.5. The minimum atomic E-state index is 0.378. The summed E-state index contributed by atoms with van der Waals surface area (Å²) in [5.74, 6) is 1.01. The normalized spacial score (nSPS) is 35.1. The Hall–Kier alpha value is -0.0800. The van der Waals surface area contributed by atoms with Crippen molar-refractivity contribution in [3.8, 4) is 0 Å². The van der Waals surface area contributed by atoms with Crippen LogP contribution in [0.15, 0.2) is 0 Å². The van der Waals surface area contributed by atoms with Crippen LogP contribution in [-0.4, -0.2) is 36.6 Å². The van der Waals surface area contributed by atoms with Gasteiger partial charge in [-0.3, -0.25) is 4.90 Å². The summed E-state index contributed by atoms with van der Waals surface area (Å²) in [5, 5.41) is 3.77. The van der Waals surface area contributed by atoms with E-state index in [1.165, 1.54) is 58.2 Å². The van der Waals surface area contributed by atoms with Crippen molar-refractivity contribution < 1.29 is 0 Å². The Morgan fingerprint density at radius 1 is 1.11 bits per heavy atom. The number of rotatable bonds is 2. The van der Waals surface area contributed by atoms with Crippen LogP contribution in [0.4, 0.5) is 0 Å². The summed E-state index contributed by atoms with van der Waals surface area (Å²) in [6.07, 6.45) is 8.51. The third-order valence-electron chi connectivity index (χ3n) is 5.39. The summed E-state index contributed by atoms with van der Waals surface area (Å²) in [4.78, 5) is 2.81. The van der Waals surface area contributed by atoms with Gasteiger partial charge in [-0.15, -0.1) is 0 Å². The maximum Gasteiger partial charge on any atom is 0.0243 e. The van der Waals surface area contributed by atoms with Crippen molar-refractivity contribution in [3.05, 3.63) is 0 Å². The van der Waals surface area contributed by atoms with Crippen molar-refractivity contribution in [1.29, 1.82) is 0 Å². The molecule has 2 nitrogen and oxygen atoms in total. The number of nitrogens with zero attached hydrogens (tertiary/aromatic N) is 1. The van der Waals surface area contributed by atoms with E-state index in [-0.39, 0.29) is 0 Å². The van der Waals surface area contributed by atoms with Crippen molar-refractivity contribution in [2.45, 2.75) is 78.3 Å². The van der Waals surface area contributed by atoms with E-state index in [0.29, 0.717) is 11.5 Å². The fourth-order valence-corrected chi connectivity index (χ4v) is 3.78. The molecule has 1 saturated heterocycles. The van der Waals surface area contributed by atoms with Gasteiger partial charge in [0, 0.05) is 18.6 Å². The van der Waals surface area contributed by atoms with Crippen LogP contribution in [0.3, 0.4) is 0 Å². The van der Waals surface area contributed by atoms with Crippen LogP contribution in [-0.2, 0) is 0 Å². The number of nitrogens with one attached hydrogen (secondary N) is 1. The summed E-state index contributed by atoms with van der Waals surface area (Å²) in [6.45, 7) is 13.2. The van der Waals surface area contributed by atoms with Crippen LogP contribution in [0.1, 0.15) is 66.2 Å². The minimum Gasteiger partial charge on any atom is -0.312 e. The Balaban J connectivity index is 1.92. The summed E-state index contributed by atoms with van der Waals surface area (Å²) in [6, 6.07) is 1.52. The van der Waals surface area contributed by atoms with Gasteiger partial charge < -0.3 is 5.32 Å². The molecular weight excluding hydrogens is 232 g/mol. The highest BCUT2D eigenvalue weighted by Gasteiger charge is 2.32. The first-order chi connectivity index (χ1) is 9.00. The van der Waals surface area contributed by atoms with Crippen LogP contribution in [0.25, 0.3) is 0 Å². The summed E-state index contributed by atoms with van der Waals surface area (Å²) in [7, 11) is 0. The topological polar surface area (TPSA) is 15.3 Å². The second kappa shape index (κ2) is 6.58. The standard InChI is InChI=1S/C17H34N2/c1-5-14-7-9-15(10-8-14)19-12-6-11-18-16(13-19)17(2,3)4/h14-16,18H,5-13H2,1-4H3. The van der Waals surface area contributed by atoms with Gasteiger partial charge in [0.25, 0.3) is 0 Å². The van der Waals surface area contributed by atoms with E-state index in [4.69, 9.17) is 0 Å². The summed E-state index contributed by atoms with van der Waals surface area (Å²) in [5.41, 5.74) is 0.378. The molecule has 0 spiro atoms. The molecule has 2 rings (SSSR count). The molecule has 1 aliphatic heterocycles. The molecule has 0 amide bonds. The summed E-state index contributed by atoms with van der Waals surface area (Å²) >= 11 is 0. The Morgan fingerprint density at radius 3 is 2.37 bits per heavy atom. The molecule has 2 aliphatic rings. The quantitative estimate of drug-likeness (QED) is 0.820. The predicted molar refractivity (Wildman–Crippen MR) is 83.5 cm³/mol. The first kappa shape index (κ1) is 15.3. The van der Waals surface area contributed by atoms with E-state index < -0.39 is 0 Å². The molecule has 0 bridgehead atoms. The van der Waals surface area contributed by atoms with Gasteiger partial charge in [-0.05, 0) is 56.5 Å². The van der Waals surface area contributed by atoms with Crippen LogP contribution in [0.2, 0.25) is 0 Å². The highest BCUT2D eigenvalue weighted by molar-refractivity contribution is 4.89. The van der Waals surface area contributed by atoms with E-state index in [1.807, 2.05) is 0 Å². The molecule has 19 heavy (non-hydrogen) atoms. The van der Waals surface area contributed by atoms with Crippen LogP contribution >= 0.6 is 0 Å². The van der Waals surface area contributed by atoms with Crippen molar-refractivity contribution in [3.63, 3.8) is 0 Å². The first-order valence-corrected chi connectivity index (χ1v) is 8.48. The monoisotopic (exact) mass is 266 g/mol. The zero-order valence-corrected chi connectivity index (χ0v) is 13.5. The molecule has 0 aromatic rings. The van der Waals surface area contributed by atoms with Crippen LogP contribution in [0.5, 0.6) is 0 Å². The van der Waals surface area contributed by atoms with Gasteiger partial charge in [0.1, 0.15) is 0 Å². The molecule has 1 aliphatic carbocycles. The molecule has 2 fully saturated rings. The SMILES string of the molecule is CCC1CCC(N2CCCNC(C(C)(C)C)C2)CC1. The van der Waals surface area contributed by atoms with Crippen molar-refractivity contribution >= 4 is 0 Å². The lowest BCUT2D eigenvalue weighted by atomic mass is 9.82. The molecule has 1 atom stereocenters. The average molecular weight is 266 g/mol. The smallest absolute Gasteiger partial charge is 0.0243 e. The second-order valence-electron chi connectivity index (χ2n) is 7.80. The second-order valence-corrected chi connectivity index (χ2v) is 7.80. The van der Waals surface area contributed by atoms with Crippen molar-refractivity contribution in [1.82, 2.24) is 10.2 Å². The molecule has 1 heterocycles. The summed E-state index contributed by atoms with van der Waals surface area (Å²) < 4.78 is 0. The molecule has 112 valence electrons. The maximum atomic E-state index is 3.77. The van der Waals surface area contributed by atoms with E-state index in [9.17, 15) is 0 Å². The third-order valence-corrected chi connectivity index (χ3v) is 5.39. The minimum absolute atomic E-state index is 0.378. The van der Waals surface area contributed by atoms with Gasteiger partial charge in [-0.1, -0.05) is 34.1 Å². The van der Waals surface area contributed by atoms with Gasteiger partial charge in [-0.25, -0.2) is 0 Å². The highest BCUT2D eigenvalue weighted by atomic mass is 15.2. The lowest BCUT2D eigenvalue weighted by molar-refractivity contribution is 0.113. The van der Waals surface area contributed by atoms with Crippen molar-refractivity contribution in [2.75, 3.05) is 19.6 Å². The van der Waals surface area contributed by atoms with Gasteiger partial charge in [0.2, 0.25) is 0 Å². The Morgan fingerprint density at radius 2 is 1.79 bits per heavy atom. The molecule has 0 radical (unpaired) electrons. The van der Waals surface area contributed by atoms with Gasteiger partial charge in [0.05, 0.1) is 0 Å². The zero-order chi connectivity index (χ0) is 13.9. The lowest BCUT2D eigenvalue weighted by Crippen LogP contribution is -2.49. The van der Waals surface area contributed by atoms with Gasteiger partial charge in [0.15, 0.2) is 0 Å². The van der Waals surface area contributed by atoms with Crippen LogP contribution < -0.4 is 5.32 Å². The van der Waals surface area contributed by atoms with Gasteiger partial charge in [-0.2, -0.15) is 0 Å². The fourth-order valence-electron chi connectivity index (χ4n) is 3.78. The third kappa shape index (κ3) is 4.19. The van der Waals surface area contributed by atoms with E-state index >= 15 is 0 Å². The Bertz CT molecular complexity index is 261. The van der Waals surface area contributed by atoms with E-state index in [2.05, 4.69) is 37.9 Å². The molecular formula is C17H34N2. The molecule has 0 aromatic heterocycles. The highest BCUT2D eigenvalue weighted by Crippen LogP contribution is 2.31. The average Bonchev–Trinajstić information content (AvgIpc) is 2.64. The Labute approximate surface area is 120 Å². The maximum absolute atomic E-state index is 3.77. The van der Waals surface area contributed by atoms with Gasteiger partial charge >= 0.3 is 0 Å². The first-order valence-electron chi connectivity index (χ1n) is 8.48. The molecule has 1 N–H and O–H groups in total. The number of hydrogen-bond donors (Lipinski definition) is 1. The molecule has 0 aromatic carbocycles. The Kier molecular flexibility index (Phi) is 5.30. The molecule has 2 heteroatoms. The lowest BCUT2D eigenvalue weighted by Gasteiger charge is -2.40.